The molecule has 0 fully saturated rings. The lowest BCUT2D eigenvalue weighted by atomic mass is 9.99. The summed E-state index contributed by atoms with van der Waals surface area (Å²) in [6.45, 7) is 4.40. The Labute approximate surface area is 103 Å². The number of carboxylic acids is 1. The zero-order valence-corrected chi connectivity index (χ0v) is 10.9. The maximum Gasteiger partial charge on any atom is 0.320 e. The number of carbonyl (C=O) groups excluding carboxylic acids is 1. The Morgan fingerprint density at radius 3 is 2.41 bits per heavy atom. The summed E-state index contributed by atoms with van der Waals surface area (Å²) in [5.74, 6) is -0.949. The highest BCUT2D eigenvalue weighted by molar-refractivity contribution is 5.73. The van der Waals surface area contributed by atoms with Crippen LogP contribution in [-0.2, 0) is 14.3 Å². The summed E-state index contributed by atoms with van der Waals surface area (Å²) in [7, 11) is 1.37. The fraction of sp³-hybridized carbons (Fsp3) is 0.833. The number of hydrogen-bond acceptors (Lipinski definition) is 4. The van der Waals surface area contributed by atoms with E-state index in [4.69, 9.17) is 5.11 Å². The van der Waals surface area contributed by atoms with Crippen molar-refractivity contribution < 1.29 is 19.4 Å². The standard InChI is InChI=1S/C12H23NO4/c1-4-6-9(7-11(14)17-3)8-13-10(5-2)12(15)16/h9-10,13H,4-8H2,1-3H3,(H,15,16)/t9-,10+/m1/s1. The van der Waals surface area contributed by atoms with Crippen LogP contribution in [0.5, 0.6) is 0 Å². The van der Waals surface area contributed by atoms with Gasteiger partial charge in [0.2, 0.25) is 0 Å². The molecule has 0 aromatic rings. The van der Waals surface area contributed by atoms with Crippen LogP contribution in [0, 0.1) is 5.92 Å². The molecule has 0 unspecified atom stereocenters. The molecule has 0 saturated carbocycles. The number of hydrogen-bond donors (Lipinski definition) is 2. The van der Waals surface area contributed by atoms with Crippen LogP contribution >= 0.6 is 0 Å². The van der Waals surface area contributed by atoms with Crippen LogP contribution in [0.15, 0.2) is 0 Å². The fourth-order valence-electron chi connectivity index (χ4n) is 1.72. The Bertz CT molecular complexity index is 243. The molecule has 17 heavy (non-hydrogen) atoms. The highest BCUT2D eigenvalue weighted by atomic mass is 16.5. The Morgan fingerprint density at radius 1 is 1.35 bits per heavy atom. The van der Waals surface area contributed by atoms with Crippen molar-refractivity contribution in [3.05, 3.63) is 0 Å². The van der Waals surface area contributed by atoms with Gasteiger partial charge in [0.1, 0.15) is 6.04 Å². The van der Waals surface area contributed by atoms with E-state index in [9.17, 15) is 9.59 Å². The second-order valence-electron chi connectivity index (χ2n) is 4.14. The highest BCUT2D eigenvalue weighted by Crippen LogP contribution is 2.11. The zero-order chi connectivity index (χ0) is 13.3. The molecule has 0 aliphatic heterocycles. The van der Waals surface area contributed by atoms with Crippen molar-refractivity contribution in [2.75, 3.05) is 13.7 Å². The van der Waals surface area contributed by atoms with E-state index < -0.39 is 12.0 Å². The second-order valence-corrected chi connectivity index (χ2v) is 4.14. The normalized spacial score (nSPS) is 14.1. The van der Waals surface area contributed by atoms with Gasteiger partial charge in [0.05, 0.1) is 7.11 Å². The second kappa shape index (κ2) is 8.98. The molecule has 0 rings (SSSR count). The van der Waals surface area contributed by atoms with E-state index in [1.165, 1.54) is 7.11 Å². The molecule has 5 nitrogen and oxygen atoms in total. The van der Waals surface area contributed by atoms with Crippen molar-refractivity contribution in [2.24, 2.45) is 5.92 Å². The van der Waals surface area contributed by atoms with Gasteiger partial charge in [-0.05, 0) is 25.3 Å². The molecule has 0 aromatic carbocycles. The topological polar surface area (TPSA) is 75.6 Å². The third-order valence-corrected chi connectivity index (χ3v) is 2.74. The van der Waals surface area contributed by atoms with Gasteiger partial charge in [-0.2, -0.15) is 0 Å². The third-order valence-electron chi connectivity index (χ3n) is 2.74. The minimum absolute atomic E-state index is 0.140. The van der Waals surface area contributed by atoms with Crippen LogP contribution in [-0.4, -0.2) is 36.7 Å². The van der Waals surface area contributed by atoms with Crippen molar-refractivity contribution >= 4 is 11.9 Å². The number of rotatable bonds is 9. The maximum absolute atomic E-state index is 11.2. The molecular weight excluding hydrogens is 222 g/mol. The molecule has 0 aliphatic rings. The molecule has 100 valence electrons. The van der Waals surface area contributed by atoms with Crippen molar-refractivity contribution in [3.63, 3.8) is 0 Å². The van der Waals surface area contributed by atoms with E-state index in [0.717, 1.165) is 12.8 Å². The summed E-state index contributed by atoms with van der Waals surface area (Å²) in [5.41, 5.74) is 0. The molecule has 0 amide bonds. The molecule has 0 aromatic heterocycles. The summed E-state index contributed by atoms with van der Waals surface area (Å²) >= 11 is 0. The first-order chi connectivity index (χ1) is 8.04. The van der Waals surface area contributed by atoms with Gasteiger partial charge in [0.15, 0.2) is 0 Å². The smallest absolute Gasteiger partial charge is 0.320 e. The van der Waals surface area contributed by atoms with Crippen LogP contribution in [0.1, 0.15) is 39.5 Å². The predicted molar refractivity (Wildman–Crippen MR) is 64.7 cm³/mol. The van der Waals surface area contributed by atoms with Crippen molar-refractivity contribution in [2.45, 2.75) is 45.6 Å². The van der Waals surface area contributed by atoms with E-state index in [2.05, 4.69) is 10.1 Å². The van der Waals surface area contributed by atoms with Crippen molar-refractivity contribution in [1.29, 1.82) is 0 Å². The first-order valence-electron chi connectivity index (χ1n) is 6.08. The molecule has 0 aliphatic carbocycles. The summed E-state index contributed by atoms with van der Waals surface area (Å²) < 4.78 is 4.62. The summed E-state index contributed by atoms with van der Waals surface area (Å²) in [6.07, 6.45) is 2.73. The van der Waals surface area contributed by atoms with Crippen LogP contribution in [0.3, 0.4) is 0 Å². The van der Waals surface area contributed by atoms with Crippen molar-refractivity contribution in [3.8, 4) is 0 Å². The number of carbonyl (C=O) groups is 2. The van der Waals surface area contributed by atoms with Gasteiger partial charge in [0.25, 0.3) is 0 Å². The van der Waals surface area contributed by atoms with Crippen LogP contribution in [0.25, 0.3) is 0 Å². The number of carboxylic acid groups (broad SMARTS) is 1. The largest absolute Gasteiger partial charge is 0.480 e. The van der Waals surface area contributed by atoms with Crippen LogP contribution in [0.4, 0.5) is 0 Å². The van der Waals surface area contributed by atoms with Crippen molar-refractivity contribution in [1.82, 2.24) is 5.32 Å². The van der Waals surface area contributed by atoms with Gasteiger partial charge in [-0.3, -0.25) is 9.59 Å². The summed E-state index contributed by atoms with van der Waals surface area (Å²) in [5, 5.41) is 11.9. The number of nitrogens with one attached hydrogen (secondary N) is 1. The Balaban J connectivity index is 4.15. The maximum atomic E-state index is 11.2. The number of aliphatic carboxylic acids is 1. The zero-order valence-electron chi connectivity index (χ0n) is 10.9. The monoisotopic (exact) mass is 245 g/mol. The van der Waals surface area contributed by atoms with E-state index in [0.29, 0.717) is 19.4 Å². The van der Waals surface area contributed by atoms with Gasteiger partial charge in [-0.1, -0.05) is 20.3 Å². The van der Waals surface area contributed by atoms with Gasteiger partial charge in [-0.15, -0.1) is 0 Å². The number of methoxy groups -OCH3 is 1. The average Bonchev–Trinajstić information content (AvgIpc) is 2.29. The summed E-state index contributed by atoms with van der Waals surface area (Å²) in [6, 6.07) is -0.535. The minimum atomic E-state index is -0.846. The number of esters is 1. The van der Waals surface area contributed by atoms with Crippen LogP contribution < -0.4 is 5.32 Å². The highest BCUT2D eigenvalue weighted by Gasteiger charge is 2.18. The quantitative estimate of drug-likeness (QED) is 0.601. The predicted octanol–water partition coefficient (Wildman–Crippen LogP) is 1.42. The molecule has 0 saturated heterocycles. The van der Waals surface area contributed by atoms with E-state index in [1.807, 2.05) is 13.8 Å². The average molecular weight is 245 g/mol. The minimum Gasteiger partial charge on any atom is -0.480 e. The molecule has 2 atom stereocenters. The van der Waals surface area contributed by atoms with E-state index in [-0.39, 0.29) is 11.9 Å². The lowest BCUT2D eigenvalue weighted by Gasteiger charge is -2.18. The molecule has 0 bridgehead atoms. The molecule has 5 heteroatoms. The first kappa shape index (κ1) is 15.9. The number of ether oxygens (including phenoxy) is 1. The van der Waals surface area contributed by atoms with Gasteiger partial charge < -0.3 is 15.2 Å². The molecule has 0 heterocycles. The SMILES string of the molecule is CCC[C@@H](CN[C@@H](CC)C(=O)O)CC(=O)OC. The Hall–Kier alpha value is -1.10. The van der Waals surface area contributed by atoms with Gasteiger partial charge in [-0.25, -0.2) is 0 Å². The first-order valence-corrected chi connectivity index (χ1v) is 6.08. The molecular formula is C12H23NO4. The van der Waals surface area contributed by atoms with E-state index >= 15 is 0 Å². The Morgan fingerprint density at radius 2 is 2.00 bits per heavy atom. The molecule has 0 spiro atoms. The lowest BCUT2D eigenvalue weighted by molar-refractivity contribution is -0.141. The third kappa shape index (κ3) is 6.94. The Kier molecular flexibility index (Phi) is 8.40. The van der Waals surface area contributed by atoms with Gasteiger partial charge in [0, 0.05) is 6.42 Å². The van der Waals surface area contributed by atoms with Crippen LogP contribution in [0.2, 0.25) is 0 Å². The molecule has 2 N–H and O–H groups in total. The summed E-state index contributed by atoms with van der Waals surface area (Å²) in [4.78, 5) is 22.0. The van der Waals surface area contributed by atoms with Gasteiger partial charge >= 0.3 is 11.9 Å². The fourth-order valence-corrected chi connectivity index (χ4v) is 1.72. The molecule has 0 radical (unpaired) electrons. The van der Waals surface area contributed by atoms with E-state index in [1.54, 1.807) is 0 Å². The lowest BCUT2D eigenvalue weighted by Crippen LogP contribution is -2.39.